The second kappa shape index (κ2) is 6.19. The summed E-state index contributed by atoms with van der Waals surface area (Å²) in [5, 5.41) is 12.7. The maximum Gasteiger partial charge on any atom is 0.119 e. The summed E-state index contributed by atoms with van der Waals surface area (Å²) < 4.78 is 5.32. The molecule has 3 nitrogen and oxygen atoms in total. The van der Waals surface area contributed by atoms with Gasteiger partial charge in [-0.25, -0.2) is 0 Å². The van der Waals surface area contributed by atoms with Gasteiger partial charge in [-0.05, 0) is 60.2 Å². The summed E-state index contributed by atoms with van der Waals surface area (Å²) in [4.78, 5) is 0. The zero-order valence-corrected chi connectivity index (χ0v) is 12.3. The van der Waals surface area contributed by atoms with E-state index in [1.54, 1.807) is 7.11 Å². The number of ether oxygens (including phenoxy) is 1. The van der Waals surface area contributed by atoms with E-state index >= 15 is 0 Å². The van der Waals surface area contributed by atoms with E-state index in [0.717, 1.165) is 36.3 Å². The number of aryl methyl sites for hydroxylation is 1. The Morgan fingerprint density at radius 3 is 2.67 bits per heavy atom. The minimum atomic E-state index is 0.0941. The number of hydrogen-bond acceptors (Lipinski definition) is 3. The Balaban J connectivity index is 1.70. The van der Waals surface area contributed by atoms with Crippen molar-refractivity contribution in [3.63, 3.8) is 0 Å². The van der Waals surface area contributed by atoms with Gasteiger partial charge in [0.25, 0.3) is 0 Å². The van der Waals surface area contributed by atoms with Gasteiger partial charge in [-0.2, -0.15) is 0 Å². The second-order valence-electron chi connectivity index (χ2n) is 5.57. The minimum Gasteiger partial charge on any atom is -0.497 e. The number of methoxy groups -OCH3 is 1. The van der Waals surface area contributed by atoms with Crippen LogP contribution in [0, 0.1) is 0 Å². The predicted octanol–water partition coefficient (Wildman–Crippen LogP) is 3.16. The first-order valence-electron chi connectivity index (χ1n) is 7.40. The zero-order chi connectivity index (χ0) is 14.7. The maximum atomic E-state index is 9.08. The lowest BCUT2D eigenvalue weighted by Crippen LogP contribution is -2.27. The Morgan fingerprint density at radius 2 is 1.95 bits per heavy atom. The fourth-order valence-corrected chi connectivity index (χ4v) is 2.93. The molecule has 1 unspecified atom stereocenters. The molecule has 3 heteroatoms. The lowest BCUT2D eigenvalue weighted by Gasteiger charge is -2.26. The van der Waals surface area contributed by atoms with Gasteiger partial charge >= 0.3 is 0 Å². The topological polar surface area (TPSA) is 41.5 Å². The van der Waals surface area contributed by atoms with Crippen LogP contribution in [0.3, 0.4) is 0 Å². The van der Waals surface area contributed by atoms with E-state index in [9.17, 15) is 0 Å². The third kappa shape index (κ3) is 3.19. The number of aliphatic hydroxyl groups is 1. The smallest absolute Gasteiger partial charge is 0.119 e. The van der Waals surface area contributed by atoms with Crippen molar-refractivity contribution < 1.29 is 9.84 Å². The van der Waals surface area contributed by atoms with Gasteiger partial charge in [0, 0.05) is 11.7 Å². The van der Waals surface area contributed by atoms with Crippen LogP contribution >= 0.6 is 0 Å². The van der Waals surface area contributed by atoms with Gasteiger partial charge in [-0.3, -0.25) is 0 Å². The molecule has 0 fully saturated rings. The van der Waals surface area contributed by atoms with E-state index in [1.807, 2.05) is 30.3 Å². The Morgan fingerprint density at radius 1 is 1.14 bits per heavy atom. The maximum absolute atomic E-state index is 9.08. The van der Waals surface area contributed by atoms with Crippen LogP contribution in [-0.4, -0.2) is 18.3 Å². The van der Waals surface area contributed by atoms with Gasteiger partial charge in [0.1, 0.15) is 5.75 Å². The summed E-state index contributed by atoms with van der Waals surface area (Å²) in [6, 6.07) is 14.8. The average Bonchev–Trinajstić information content (AvgIpc) is 2.55. The Kier molecular flexibility index (Phi) is 4.11. The van der Waals surface area contributed by atoms with Crippen LogP contribution in [0.25, 0.3) is 0 Å². The number of aliphatic hydroxyl groups excluding tert-OH is 1. The van der Waals surface area contributed by atoms with E-state index in [2.05, 4.69) is 17.4 Å². The van der Waals surface area contributed by atoms with Crippen LogP contribution in [0.4, 0.5) is 5.69 Å². The van der Waals surface area contributed by atoms with Gasteiger partial charge in [0.05, 0.1) is 13.7 Å². The molecule has 0 aromatic heterocycles. The number of fused-ring (bicyclic) bond motifs is 1. The number of rotatable bonds is 4. The lowest BCUT2D eigenvalue weighted by atomic mass is 9.88. The van der Waals surface area contributed by atoms with Gasteiger partial charge in [-0.1, -0.05) is 18.2 Å². The van der Waals surface area contributed by atoms with Crippen LogP contribution in [0.1, 0.15) is 23.1 Å². The first-order valence-corrected chi connectivity index (χ1v) is 7.40. The molecule has 2 aromatic carbocycles. The van der Waals surface area contributed by atoms with Crippen LogP contribution in [0.2, 0.25) is 0 Å². The third-order valence-electron chi connectivity index (χ3n) is 4.15. The van der Waals surface area contributed by atoms with Gasteiger partial charge < -0.3 is 15.2 Å². The Labute approximate surface area is 125 Å². The molecule has 0 heterocycles. The molecular formula is C18H21NO2. The van der Waals surface area contributed by atoms with Crippen molar-refractivity contribution in [3.05, 3.63) is 59.2 Å². The molecule has 1 aliphatic rings. The number of hydrogen-bond donors (Lipinski definition) is 2. The molecular weight excluding hydrogens is 262 g/mol. The molecule has 2 aromatic rings. The van der Waals surface area contributed by atoms with Crippen molar-refractivity contribution in [1.29, 1.82) is 0 Å². The van der Waals surface area contributed by atoms with E-state index < -0.39 is 0 Å². The van der Waals surface area contributed by atoms with Gasteiger partial charge in [-0.15, -0.1) is 0 Å². The highest BCUT2D eigenvalue weighted by molar-refractivity contribution is 5.47. The third-order valence-corrected chi connectivity index (χ3v) is 4.15. The average molecular weight is 283 g/mol. The number of nitrogens with one attached hydrogen (secondary N) is 1. The highest BCUT2D eigenvalue weighted by Gasteiger charge is 2.18. The molecule has 110 valence electrons. The normalized spacial score (nSPS) is 17.1. The number of benzene rings is 2. The Hall–Kier alpha value is -2.00. The highest BCUT2D eigenvalue weighted by Crippen LogP contribution is 2.27. The van der Waals surface area contributed by atoms with Crippen LogP contribution < -0.4 is 10.1 Å². The van der Waals surface area contributed by atoms with Crippen molar-refractivity contribution in [2.45, 2.75) is 31.9 Å². The molecule has 1 atom stereocenters. The fraction of sp³-hybridized carbons (Fsp3) is 0.333. The van der Waals surface area contributed by atoms with E-state index in [-0.39, 0.29) is 6.61 Å². The van der Waals surface area contributed by atoms with Crippen LogP contribution in [0.5, 0.6) is 5.75 Å². The van der Waals surface area contributed by atoms with Crippen molar-refractivity contribution in [1.82, 2.24) is 0 Å². The lowest BCUT2D eigenvalue weighted by molar-refractivity contribution is 0.282. The minimum absolute atomic E-state index is 0.0941. The molecule has 3 rings (SSSR count). The molecule has 1 aliphatic carbocycles. The molecule has 0 radical (unpaired) electrons. The molecule has 0 aliphatic heterocycles. The molecule has 0 spiro atoms. The quantitative estimate of drug-likeness (QED) is 0.905. The molecule has 0 amide bonds. The van der Waals surface area contributed by atoms with Gasteiger partial charge in [0.2, 0.25) is 0 Å². The first-order chi connectivity index (χ1) is 10.3. The summed E-state index contributed by atoms with van der Waals surface area (Å²) >= 11 is 0. The summed E-state index contributed by atoms with van der Waals surface area (Å²) in [6.45, 7) is 0.0941. The monoisotopic (exact) mass is 283 g/mol. The standard InChI is InChI=1S/C18H21NO2/c1-21-18-9-5-14-4-8-17(10-15(14)11-18)19-16-6-2-13(12-20)3-7-16/h2-3,5-7,9,11,17,19-20H,4,8,10,12H2,1H3. The Bertz CT molecular complexity index is 607. The van der Waals surface area contributed by atoms with Crippen LogP contribution in [0.15, 0.2) is 42.5 Å². The summed E-state index contributed by atoms with van der Waals surface area (Å²) in [6.07, 6.45) is 3.26. The van der Waals surface area contributed by atoms with Crippen molar-refractivity contribution in [2.75, 3.05) is 12.4 Å². The van der Waals surface area contributed by atoms with Gasteiger partial charge in [0.15, 0.2) is 0 Å². The second-order valence-corrected chi connectivity index (χ2v) is 5.57. The summed E-state index contributed by atoms with van der Waals surface area (Å²) in [7, 11) is 1.71. The summed E-state index contributed by atoms with van der Waals surface area (Å²) in [5.41, 5.74) is 4.87. The molecule has 21 heavy (non-hydrogen) atoms. The van der Waals surface area contributed by atoms with E-state index in [0.29, 0.717) is 6.04 Å². The number of anilines is 1. The summed E-state index contributed by atoms with van der Waals surface area (Å²) in [5.74, 6) is 0.932. The molecule has 0 bridgehead atoms. The highest BCUT2D eigenvalue weighted by atomic mass is 16.5. The van der Waals surface area contributed by atoms with Crippen LogP contribution in [-0.2, 0) is 19.4 Å². The van der Waals surface area contributed by atoms with Crippen molar-refractivity contribution in [3.8, 4) is 5.75 Å². The fourth-order valence-electron chi connectivity index (χ4n) is 2.93. The zero-order valence-electron chi connectivity index (χ0n) is 12.3. The molecule has 0 saturated carbocycles. The van der Waals surface area contributed by atoms with Crippen molar-refractivity contribution in [2.24, 2.45) is 0 Å². The van der Waals surface area contributed by atoms with Crippen molar-refractivity contribution >= 4 is 5.69 Å². The van der Waals surface area contributed by atoms with E-state index in [4.69, 9.17) is 9.84 Å². The first kappa shape index (κ1) is 14.0. The van der Waals surface area contributed by atoms with E-state index in [1.165, 1.54) is 11.1 Å². The predicted molar refractivity (Wildman–Crippen MR) is 84.8 cm³/mol. The largest absolute Gasteiger partial charge is 0.497 e. The molecule has 0 saturated heterocycles. The molecule has 2 N–H and O–H groups in total. The SMILES string of the molecule is COc1ccc2c(c1)CC(Nc1ccc(CO)cc1)CC2.